The summed E-state index contributed by atoms with van der Waals surface area (Å²) in [6, 6.07) is 58.9. The SMILES string of the molecule is c1ccc(-c2ccc(-c3nc(-c4cccc5c4oc4cc(-c6nc(-c7ccccc7)nc(-c7ccccc7)n6)ccc45)nc4c3oc3ccccc34)cc2)cc1. The summed E-state index contributed by atoms with van der Waals surface area (Å²) in [5, 5.41) is 2.86. The predicted molar refractivity (Wildman–Crippen MR) is 223 cm³/mol. The first-order valence-corrected chi connectivity index (χ1v) is 18.4. The van der Waals surface area contributed by atoms with Crippen molar-refractivity contribution >= 4 is 44.0 Å². The van der Waals surface area contributed by atoms with E-state index in [0.717, 1.165) is 71.9 Å². The van der Waals surface area contributed by atoms with Gasteiger partial charge < -0.3 is 8.83 Å². The van der Waals surface area contributed by atoms with Gasteiger partial charge in [-0.2, -0.15) is 0 Å². The van der Waals surface area contributed by atoms with E-state index in [1.807, 2.05) is 127 Å². The van der Waals surface area contributed by atoms with Crippen LogP contribution in [0, 0.1) is 0 Å². The summed E-state index contributed by atoms with van der Waals surface area (Å²) in [4.78, 5) is 25.1. The summed E-state index contributed by atoms with van der Waals surface area (Å²) < 4.78 is 13.2. The molecule has 4 aromatic heterocycles. The van der Waals surface area contributed by atoms with Gasteiger partial charge in [0.2, 0.25) is 0 Å². The highest BCUT2D eigenvalue weighted by Gasteiger charge is 2.22. The molecule has 0 unspecified atom stereocenters. The van der Waals surface area contributed by atoms with E-state index in [-0.39, 0.29) is 0 Å². The van der Waals surface area contributed by atoms with E-state index in [4.69, 9.17) is 33.8 Å². The van der Waals surface area contributed by atoms with E-state index in [0.29, 0.717) is 40.0 Å². The number of benzene rings is 7. The zero-order valence-corrected chi connectivity index (χ0v) is 29.8. The third kappa shape index (κ3) is 5.41. The first-order valence-electron chi connectivity index (χ1n) is 18.4. The molecule has 0 saturated heterocycles. The number of aromatic nitrogens is 5. The van der Waals surface area contributed by atoms with Gasteiger partial charge in [-0.3, -0.25) is 0 Å². The Labute approximate surface area is 320 Å². The minimum atomic E-state index is 0.550. The largest absolute Gasteiger partial charge is 0.455 e. The second kappa shape index (κ2) is 13.0. The molecule has 11 rings (SSSR count). The molecule has 7 heteroatoms. The number of hydrogen-bond acceptors (Lipinski definition) is 7. The summed E-state index contributed by atoms with van der Waals surface area (Å²) in [5.41, 5.74) is 10.9. The molecule has 0 bridgehead atoms. The lowest BCUT2D eigenvalue weighted by atomic mass is 10.0. The molecule has 0 N–H and O–H groups in total. The van der Waals surface area contributed by atoms with Gasteiger partial charge in [0, 0.05) is 38.4 Å². The Morgan fingerprint density at radius 1 is 0.304 bits per heavy atom. The van der Waals surface area contributed by atoms with Crippen LogP contribution in [0.25, 0.3) is 112 Å². The van der Waals surface area contributed by atoms with E-state index in [1.165, 1.54) is 0 Å². The van der Waals surface area contributed by atoms with E-state index < -0.39 is 0 Å². The summed E-state index contributed by atoms with van der Waals surface area (Å²) in [6.45, 7) is 0. The van der Waals surface area contributed by atoms with E-state index in [1.54, 1.807) is 0 Å². The normalized spacial score (nSPS) is 11.6. The average Bonchev–Trinajstić information content (AvgIpc) is 3.85. The predicted octanol–water partition coefficient (Wildman–Crippen LogP) is 12.5. The molecule has 0 fully saturated rings. The van der Waals surface area contributed by atoms with Crippen LogP contribution >= 0.6 is 0 Å². The van der Waals surface area contributed by atoms with Gasteiger partial charge in [0.25, 0.3) is 0 Å². The third-order valence-electron chi connectivity index (χ3n) is 10.2. The topological polar surface area (TPSA) is 90.7 Å². The van der Waals surface area contributed by atoms with Crippen molar-refractivity contribution < 1.29 is 8.83 Å². The van der Waals surface area contributed by atoms with Crippen molar-refractivity contribution in [3.8, 4) is 67.9 Å². The number of fused-ring (bicyclic) bond motifs is 6. The minimum Gasteiger partial charge on any atom is -0.455 e. The van der Waals surface area contributed by atoms with Crippen molar-refractivity contribution in [2.24, 2.45) is 0 Å². The van der Waals surface area contributed by atoms with Crippen LogP contribution in [-0.2, 0) is 0 Å². The lowest BCUT2D eigenvalue weighted by Crippen LogP contribution is -2.00. The zero-order valence-electron chi connectivity index (χ0n) is 29.8. The fourth-order valence-corrected chi connectivity index (χ4v) is 7.41. The molecule has 262 valence electrons. The smallest absolute Gasteiger partial charge is 0.180 e. The van der Waals surface area contributed by atoms with Gasteiger partial charge in [0.1, 0.15) is 28.0 Å². The van der Waals surface area contributed by atoms with E-state index in [2.05, 4.69) is 48.5 Å². The number of para-hydroxylation sites is 2. The van der Waals surface area contributed by atoms with Crippen molar-refractivity contribution in [2.75, 3.05) is 0 Å². The average molecular weight is 720 g/mol. The van der Waals surface area contributed by atoms with Crippen molar-refractivity contribution in [1.29, 1.82) is 0 Å². The number of hydrogen-bond donors (Lipinski definition) is 0. The third-order valence-corrected chi connectivity index (χ3v) is 10.2. The molecule has 0 radical (unpaired) electrons. The first kappa shape index (κ1) is 31.7. The van der Waals surface area contributed by atoms with Gasteiger partial charge in [-0.25, -0.2) is 24.9 Å². The Bertz CT molecular complexity index is 3170. The summed E-state index contributed by atoms with van der Waals surface area (Å²) in [7, 11) is 0. The monoisotopic (exact) mass is 719 g/mol. The van der Waals surface area contributed by atoms with Crippen LogP contribution in [-0.4, -0.2) is 24.9 Å². The standard InChI is InChI=1S/C49H29N5O2/c1-4-13-30(14-5-1)31-23-25-32(26-24-31)42-45-43(38-19-10-11-22-40(38)55-45)51-49(50-42)39-21-12-20-37-36-28-27-35(29-41(36)56-44(37)39)48-53-46(33-15-6-2-7-16-33)52-47(54-48)34-17-8-3-9-18-34/h1-29H. The Kier molecular flexibility index (Phi) is 7.35. The molecule has 4 heterocycles. The maximum Gasteiger partial charge on any atom is 0.180 e. The lowest BCUT2D eigenvalue weighted by molar-refractivity contribution is 0.666. The molecule has 7 nitrogen and oxygen atoms in total. The molecule has 0 saturated carbocycles. The van der Waals surface area contributed by atoms with Crippen molar-refractivity contribution in [3.05, 3.63) is 176 Å². The molecule has 0 aliphatic rings. The Morgan fingerprint density at radius 3 is 1.54 bits per heavy atom. The maximum absolute atomic E-state index is 6.75. The molecular formula is C49H29N5O2. The molecule has 7 aromatic carbocycles. The molecule has 0 aliphatic carbocycles. The van der Waals surface area contributed by atoms with Crippen LogP contribution < -0.4 is 0 Å². The van der Waals surface area contributed by atoms with Crippen LogP contribution in [0.1, 0.15) is 0 Å². The van der Waals surface area contributed by atoms with Gasteiger partial charge >= 0.3 is 0 Å². The Balaban J connectivity index is 1.06. The zero-order chi connectivity index (χ0) is 37.0. The van der Waals surface area contributed by atoms with Gasteiger partial charge in [0.15, 0.2) is 28.9 Å². The van der Waals surface area contributed by atoms with Crippen molar-refractivity contribution in [1.82, 2.24) is 24.9 Å². The Hall–Kier alpha value is -7.77. The summed E-state index contributed by atoms with van der Waals surface area (Å²) in [5.74, 6) is 2.31. The summed E-state index contributed by atoms with van der Waals surface area (Å²) >= 11 is 0. The second-order valence-corrected chi connectivity index (χ2v) is 13.6. The summed E-state index contributed by atoms with van der Waals surface area (Å²) in [6.07, 6.45) is 0. The Morgan fingerprint density at radius 2 is 0.839 bits per heavy atom. The van der Waals surface area contributed by atoms with E-state index in [9.17, 15) is 0 Å². The molecule has 0 spiro atoms. The van der Waals surface area contributed by atoms with Gasteiger partial charge in [0.05, 0.1) is 5.56 Å². The highest BCUT2D eigenvalue weighted by Crippen LogP contribution is 2.40. The fraction of sp³-hybridized carbons (Fsp3) is 0. The molecular weight excluding hydrogens is 691 g/mol. The molecule has 0 amide bonds. The molecule has 0 aliphatic heterocycles. The van der Waals surface area contributed by atoms with Gasteiger partial charge in [-0.1, -0.05) is 146 Å². The number of furan rings is 2. The molecule has 56 heavy (non-hydrogen) atoms. The highest BCUT2D eigenvalue weighted by molar-refractivity contribution is 6.11. The number of rotatable bonds is 6. The van der Waals surface area contributed by atoms with Gasteiger partial charge in [-0.05, 0) is 41.5 Å². The maximum atomic E-state index is 6.75. The number of nitrogens with zero attached hydrogens (tertiary/aromatic N) is 5. The van der Waals surface area contributed by atoms with Crippen molar-refractivity contribution in [3.63, 3.8) is 0 Å². The van der Waals surface area contributed by atoms with Crippen LogP contribution in [0.4, 0.5) is 0 Å². The molecule has 11 aromatic rings. The molecule has 0 atom stereocenters. The highest BCUT2D eigenvalue weighted by atomic mass is 16.3. The minimum absolute atomic E-state index is 0.550. The van der Waals surface area contributed by atoms with Crippen LogP contribution in [0.15, 0.2) is 185 Å². The lowest BCUT2D eigenvalue weighted by Gasteiger charge is -2.08. The quantitative estimate of drug-likeness (QED) is 0.169. The van der Waals surface area contributed by atoms with Crippen LogP contribution in [0.5, 0.6) is 0 Å². The fourth-order valence-electron chi connectivity index (χ4n) is 7.41. The first-order chi connectivity index (χ1) is 27.7. The van der Waals surface area contributed by atoms with Crippen LogP contribution in [0.3, 0.4) is 0 Å². The van der Waals surface area contributed by atoms with Gasteiger partial charge in [-0.15, -0.1) is 0 Å². The van der Waals surface area contributed by atoms with Crippen molar-refractivity contribution in [2.45, 2.75) is 0 Å². The van der Waals surface area contributed by atoms with E-state index >= 15 is 0 Å². The van der Waals surface area contributed by atoms with Crippen LogP contribution in [0.2, 0.25) is 0 Å². The second-order valence-electron chi connectivity index (χ2n) is 13.6.